The summed E-state index contributed by atoms with van der Waals surface area (Å²) in [6.07, 6.45) is 2.76. The fourth-order valence-electron chi connectivity index (χ4n) is 3.28. The Kier molecular flexibility index (Phi) is 5.20. The van der Waals surface area contributed by atoms with Crippen LogP contribution in [0.15, 0.2) is 59.5 Å². The van der Waals surface area contributed by atoms with Crippen LogP contribution < -0.4 is 4.72 Å². The van der Waals surface area contributed by atoms with Gasteiger partial charge in [-0.05, 0) is 50.1 Å². The number of hydrogen-bond acceptors (Lipinski definition) is 3. The summed E-state index contributed by atoms with van der Waals surface area (Å²) in [4.78, 5) is 14.9. The van der Waals surface area contributed by atoms with E-state index in [2.05, 4.69) is 16.9 Å². The number of sulfonamides is 1. The lowest BCUT2D eigenvalue weighted by Gasteiger charge is -2.25. The molecule has 0 aliphatic carbocycles. The minimum absolute atomic E-state index is 0.105. The second-order valence-corrected chi connectivity index (χ2v) is 8.11. The molecular weight excluding hydrogens is 336 g/mol. The van der Waals surface area contributed by atoms with Crippen molar-refractivity contribution in [3.8, 4) is 0 Å². The molecule has 2 aromatic rings. The third-order valence-electron chi connectivity index (χ3n) is 4.61. The summed E-state index contributed by atoms with van der Waals surface area (Å²) in [5.41, 5.74) is 1.62. The molecule has 0 saturated carbocycles. The van der Waals surface area contributed by atoms with Gasteiger partial charge in [-0.15, -0.1) is 0 Å². The van der Waals surface area contributed by atoms with E-state index < -0.39 is 10.0 Å². The number of amides is 1. The van der Waals surface area contributed by atoms with Gasteiger partial charge < -0.3 is 4.90 Å². The van der Waals surface area contributed by atoms with Crippen molar-refractivity contribution in [2.75, 3.05) is 13.6 Å². The first kappa shape index (κ1) is 17.6. The lowest BCUT2D eigenvalue weighted by molar-refractivity contribution is 0.0736. The van der Waals surface area contributed by atoms with Gasteiger partial charge in [-0.25, -0.2) is 13.1 Å². The van der Waals surface area contributed by atoms with Crippen molar-refractivity contribution >= 4 is 15.9 Å². The van der Waals surface area contributed by atoms with Gasteiger partial charge in [0.25, 0.3) is 5.91 Å². The summed E-state index contributed by atoms with van der Waals surface area (Å²) in [5.74, 6) is -0.105. The number of hydrogen-bond donors (Lipinski definition) is 1. The van der Waals surface area contributed by atoms with Crippen LogP contribution in [-0.2, 0) is 16.4 Å². The second kappa shape index (κ2) is 7.37. The van der Waals surface area contributed by atoms with E-state index in [-0.39, 0.29) is 16.8 Å². The highest BCUT2D eigenvalue weighted by Crippen LogP contribution is 2.24. The van der Waals surface area contributed by atoms with Crippen molar-refractivity contribution in [1.82, 2.24) is 9.62 Å². The van der Waals surface area contributed by atoms with Gasteiger partial charge in [-0.1, -0.05) is 36.4 Å². The second-order valence-electron chi connectivity index (χ2n) is 6.22. The van der Waals surface area contributed by atoms with Gasteiger partial charge >= 0.3 is 0 Å². The van der Waals surface area contributed by atoms with Crippen LogP contribution in [-0.4, -0.2) is 38.9 Å². The van der Waals surface area contributed by atoms with Crippen molar-refractivity contribution in [1.29, 1.82) is 0 Å². The Hall–Kier alpha value is -2.18. The summed E-state index contributed by atoms with van der Waals surface area (Å²) in [7, 11) is -2.20. The molecule has 1 aliphatic heterocycles. The molecule has 1 amide bonds. The number of carbonyl (C=O) groups excluding carboxylic acids is 1. The van der Waals surface area contributed by atoms with Crippen LogP contribution >= 0.6 is 0 Å². The largest absolute Gasteiger partial charge is 0.335 e. The zero-order chi connectivity index (χ0) is 17.9. The number of benzene rings is 2. The maximum atomic E-state index is 12.9. The molecular formula is C19H22N2O3S. The first-order valence-corrected chi connectivity index (χ1v) is 9.88. The Morgan fingerprint density at radius 1 is 1.16 bits per heavy atom. The van der Waals surface area contributed by atoms with Gasteiger partial charge in [0.2, 0.25) is 10.0 Å². The smallest absolute Gasteiger partial charge is 0.254 e. The highest BCUT2D eigenvalue weighted by atomic mass is 32.2. The molecule has 6 heteroatoms. The molecule has 132 valence electrons. The fraction of sp³-hybridized carbons (Fsp3) is 0.316. The molecule has 0 aromatic heterocycles. The number of likely N-dealkylation sites (tertiary alicyclic amines) is 1. The number of nitrogens with one attached hydrogen (secondary N) is 1. The summed E-state index contributed by atoms with van der Waals surface area (Å²) in [6.45, 7) is 0.708. The van der Waals surface area contributed by atoms with Gasteiger partial charge in [0.1, 0.15) is 0 Å². The van der Waals surface area contributed by atoms with Crippen LogP contribution in [0.25, 0.3) is 0 Å². The molecule has 1 atom stereocenters. The van der Waals surface area contributed by atoms with E-state index in [1.165, 1.54) is 24.7 Å². The van der Waals surface area contributed by atoms with Crippen molar-refractivity contribution in [3.63, 3.8) is 0 Å². The predicted octanol–water partition coefficient (Wildman–Crippen LogP) is 2.44. The molecule has 3 rings (SSSR count). The topological polar surface area (TPSA) is 66.5 Å². The van der Waals surface area contributed by atoms with Crippen molar-refractivity contribution in [2.24, 2.45) is 0 Å². The van der Waals surface area contributed by atoms with E-state index in [1.54, 1.807) is 12.1 Å². The van der Waals surface area contributed by atoms with Crippen molar-refractivity contribution < 1.29 is 13.2 Å². The molecule has 0 bridgehead atoms. The summed E-state index contributed by atoms with van der Waals surface area (Å²) in [5, 5.41) is 0. The molecule has 1 N–H and O–H groups in total. The Morgan fingerprint density at radius 3 is 2.64 bits per heavy atom. The lowest BCUT2D eigenvalue weighted by Crippen LogP contribution is -2.37. The average Bonchev–Trinajstić information content (AvgIpc) is 3.10. The van der Waals surface area contributed by atoms with E-state index in [0.717, 1.165) is 19.3 Å². The normalized spacial score (nSPS) is 17.6. The zero-order valence-electron chi connectivity index (χ0n) is 14.2. The molecule has 25 heavy (non-hydrogen) atoms. The van der Waals surface area contributed by atoms with Crippen molar-refractivity contribution in [3.05, 3.63) is 65.7 Å². The van der Waals surface area contributed by atoms with Crippen LogP contribution in [0, 0.1) is 0 Å². The molecule has 5 nitrogen and oxygen atoms in total. The SMILES string of the molecule is CNS(=O)(=O)c1cccc(C(=O)N2CCCC2Cc2ccccc2)c1. The van der Waals surface area contributed by atoms with E-state index in [0.29, 0.717) is 12.1 Å². The average molecular weight is 358 g/mol. The number of carbonyl (C=O) groups is 1. The Labute approximate surface area is 148 Å². The molecule has 0 radical (unpaired) electrons. The van der Waals surface area contributed by atoms with Gasteiger partial charge in [-0.2, -0.15) is 0 Å². The highest BCUT2D eigenvalue weighted by molar-refractivity contribution is 7.89. The lowest BCUT2D eigenvalue weighted by atomic mass is 10.0. The minimum atomic E-state index is -3.56. The summed E-state index contributed by atoms with van der Waals surface area (Å²) < 4.78 is 26.2. The third-order valence-corrected chi connectivity index (χ3v) is 6.02. The maximum absolute atomic E-state index is 12.9. The van der Waals surface area contributed by atoms with Crippen LogP contribution in [0.1, 0.15) is 28.8 Å². The monoisotopic (exact) mass is 358 g/mol. The summed E-state index contributed by atoms with van der Waals surface area (Å²) in [6, 6.07) is 16.5. The molecule has 0 spiro atoms. The van der Waals surface area contributed by atoms with E-state index in [1.807, 2.05) is 23.1 Å². The molecule has 2 aromatic carbocycles. The number of rotatable bonds is 5. The highest BCUT2D eigenvalue weighted by Gasteiger charge is 2.29. The fourth-order valence-corrected chi connectivity index (χ4v) is 4.06. The predicted molar refractivity (Wildman–Crippen MR) is 96.9 cm³/mol. The maximum Gasteiger partial charge on any atom is 0.254 e. The Morgan fingerprint density at radius 2 is 1.92 bits per heavy atom. The standard InChI is InChI=1S/C19H22N2O3S/c1-20-25(23,24)18-11-5-9-16(14-18)19(22)21-12-6-10-17(21)13-15-7-3-2-4-8-15/h2-5,7-9,11,14,17,20H,6,10,12-13H2,1H3. The van der Waals surface area contributed by atoms with Gasteiger partial charge in [0.05, 0.1) is 4.90 Å². The quantitative estimate of drug-likeness (QED) is 0.893. The zero-order valence-corrected chi connectivity index (χ0v) is 15.0. The van der Waals surface area contributed by atoms with Gasteiger partial charge in [0.15, 0.2) is 0 Å². The molecule has 1 fully saturated rings. The first-order valence-electron chi connectivity index (χ1n) is 8.40. The first-order chi connectivity index (χ1) is 12.0. The van der Waals surface area contributed by atoms with Crippen molar-refractivity contribution in [2.45, 2.75) is 30.2 Å². The van der Waals surface area contributed by atoms with E-state index >= 15 is 0 Å². The third kappa shape index (κ3) is 3.91. The number of nitrogens with zero attached hydrogens (tertiary/aromatic N) is 1. The molecule has 1 aliphatic rings. The Bertz CT molecular complexity index is 850. The molecule has 1 heterocycles. The van der Waals surface area contributed by atoms with Crippen LogP contribution in [0.4, 0.5) is 0 Å². The van der Waals surface area contributed by atoms with Gasteiger partial charge in [0, 0.05) is 18.2 Å². The van der Waals surface area contributed by atoms with E-state index in [9.17, 15) is 13.2 Å². The van der Waals surface area contributed by atoms with E-state index in [4.69, 9.17) is 0 Å². The molecule has 1 saturated heterocycles. The van der Waals surface area contributed by atoms with Crippen LogP contribution in [0.2, 0.25) is 0 Å². The molecule has 1 unspecified atom stereocenters. The van der Waals surface area contributed by atoms with Crippen LogP contribution in [0.5, 0.6) is 0 Å². The Balaban J connectivity index is 1.81. The van der Waals surface area contributed by atoms with Crippen LogP contribution in [0.3, 0.4) is 0 Å². The summed E-state index contributed by atoms with van der Waals surface area (Å²) >= 11 is 0. The minimum Gasteiger partial charge on any atom is -0.335 e. The van der Waals surface area contributed by atoms with Gasteiger partial charge in [-0.3, -0.25) is 4.79 Å².